The van der Waals surface area contributed by atoms with E-state index in [0.29, 0.717) is 0 Å². The van der Waals surface area contributed by atoms with Crippen molar-refractivity contribution in [1.82, 2.24) is 10.3 Å². The Morgan fingerprint density at radius 3 is 2.38 bits per heavy atom. The van der Waals surface area contributed by atoms with Crippen LogP contribution in [0.3, 0.4) is 0 Å². The average Bonchev–Trinajstić information content (AvgIpc) is 2.76. The van der Waals surface area contributed by atoms with Crippen molar-refractivity contribution in [2.24, 2.45) is 5.92 Å². The van der Waals surface area contributed by atoms with Gasteiger partial charge < -0.3 is 24.6 Å². The van der Waals surface area contributed by atoms with Gasteiger partial charge in [-0.15, -0.1) is 0 Å². The molecular formula is C23H27F3N2O6. The molecule has 0 aliphatic carbocycles. The lowest BCUT2D eigenvalue weighted by Crippen LogP contribution is -2.44. The van der Waals surface area contributed by atoms with Crippen molar-refractivity contribution in [1.29, 1.82) is 0 Å². The van der Waals surface area contributed by atoms with Crippen LogP contribution in [0.15, 0.2) is 36.5 Å². The first-order valence-corrected chi connectivity index (χ1v) is 10.4. The van der Waals surface area contributed by atoms with Gasteiger partial charge in [0.15, 0.2) is 17.2 Å². The molecule has 0 fully saturated rings. The molecule has 0 aliphatic rings. The van der Waals surface area contributed by atoms with E-state index in [1.165, 1.54) is 38.4 Å². The van der Waals surface area contributed by atoms with Crippen molar-refractivity contribution in [2.45, 2.75) is 52.1 Å². The van der Waals surface area contributed by atoms with Gasteiger partial charge in [0.25, 0.3) is 5.91 Å². The topological polar surface area (TPSA) is 107 Å². The average molecular weight is 484 g/mol. The molecule has 0 spiro atoms. The van der Waals surface area contributed by atoms with Crippen LogP contribution in [-0.4, -0.2) is 47.3 Å². The number of aromatic hydroxyl groups is 1. The lowest BCUT2D eigenvalue weighted by atomic mass is 10.0. The van der Waals surface area contributed by atoms with Crippen LogP contribution in [0.1, 0.15) is 43.7 Å². The van der Waals surface area contributed by atoms with Gasteiger partial charge in [-0.05, 0) is 38.0 Å². The monoisotopic (exact) mass is 484 g/mol. The third kappa shape index (κ3) is 6.75. The molecule has 3 atom stereocenters. The van der Waals surface area contributed by atoms with Crippen LogP contribution < -0.4 is 14.8 Å². The molecule has 34 heavy (non-hydrogen) atoms. The Morgan fingerprint density at radius 1 is 1.12 bits per heavy atom. The van der Waals surface area contributed by atoms with Crippen molar-refractivity contribution >= 4 is 11.9 Å². The predicted octanol–water partition coefficient (Wildman–Crippen LogP) is 3.97. The van der Waals surface area contributed by atoms with Crippen LogP contribution in [-0.2, 0) is 15.7 Å². The Morgan fingerprint density at radius 2 is 1.79 bits per heavy atom. The third-order valence-corrected chi connectivity index (χ3v) is 4.88. The Balaban J connectivity index is 2.06. The molecule has 1 heterocycles. The minimum absolute atomic E-state index is 0.0163. The number of benzene rings is 1. The zero-order valence-electron chi connectivity index (χ0n) is 19.3. The predicted molar refractivity (Wildman–Crippen MR) is 116 cm³/mol. The van der Waals surface area contributed by atoms with Gasteiger partial charge in [0.05, 0.1) is 12.7 Å². The molecule has 0 saturated heterocycles. The molecular weight excluding hydrogens is 457 g/mol. The highest BCUT2D eigenvalue weighted by atomic mass is 19.4. The van der Waals surface area contributed by atoms with E-state index in [-0.39, 0.29) is 23.1 Å². The van der Waals surface area contributed by atoms with Gasteiger partial charge in [0.2, 0.25) is 0 Å². The Hall–Kier alpha value is -3.50. The van der Waals surface area contributed by atoms with Crippen LogP contribution in [0.25, 0.3) is 0 Å². The maximum Gasteiger partial charge on any atom is 0.416 e. The fraction of sp³-hybridized carbons (Fsp3) is 0.435. The summed E-state index contributed by atoms with van der Waals surface area (Å²) in [7, 11) is 1.31. The van der Waals surface area contributed by atoms with Gasteiger partial charge in [-0.2, -0.15) is 13.2 Å². The van der Waals surface area contributed by atoms with Gasteiger partial charge in [0.1, 0.15) is 24.0 Å². The summed E-state index contributed by atoms with van der Waals surface area (Å²) in [5.41, 5.74) is -1.19. The zero-order chi connectivity index (χ0) is 25.6. The van der Waals surface area contributed by atoms with E-state index < -0.39 is 47.6 Å². The second-order valence-corrected chi connectivity index (χ2v) is 7.90. The Labute approximate surface area is 195 Å². The first-order valence-electron chi connectivity index (χ1n) is 10.4. The molecule has 1 aromatic heterocycles. The minimum atomic E-state index is -4.52. The quantitative estimate of drug-likeness (QED) is 0.519. The summed E-state index contributed by atoms with van der Waals surface area (Å²) >= 11 is 0. The lowest BCUT2D eigenvalue weighted by molar-refractivity contribution is -0.155. The number of pyridine rings is 1. The first kappa shape index (κ1) is 26.7. The van der Waals surface area contributed by atoms with Crippen molar-refractivity contribution < 1.29 is 42.1 Å². The molecule has 0 radical (unpaired) electrons. The zero-order valence-corrected chi connectivity index (χ0v) is 19.3. The second kappa shape index (κ2) is 11.1. The van der Waals surface area contributed by atoms with Gasteiger partial charge in [-0.25, -0.2) is 9.78 Å². The molecule has 2 rings (SSSR count). The maximum absolute atomic E-state index is 13.0. The number of nitrogens with one attached hydrogen (secondary N) is 1. The summed E-state index contributed by atoms with van der Waals surface area (Å²) < 4.78 is 55.0. The molecule has 0 unspecified atom stereocenters. The highest BCUT2D eigenvalue weighted by molar-refractivity contribution is 5.97. The summed E-state index contributed by atoms with van der Waals surface area (Å²) in [6.45, 7) is 6.46. The second-order valence-electron chi connectivity index (χ2n) is 7.90. The largest absolute Gasteiger partial charge is 0.503 e. The number of nitrogens with zero attached hydrogens (tertiary/aromatic N) is 1. The summed E-state index contributed by atoms with van der Waals surface area (Å²) in [6, 6.07) is 4.66. The first-order chi connectivity index (χ1) is 15.8. The molecule has 8 nitrogen and oxygen atoms in total. The van der Waals surface area contributed by atoms with Gasteiger partial charge >= 0.3 is 12.1 Å². The smallest absolute Gasteiger partial charge is 0.416 e. The summed E-state index contributed by atoms with van der Waals surface area (Å²) in [5, 5.41) is 12.4. The van der Waals surface area contributed by atoms with Gasteiger partial charge in [0, 0.05) is 12.3 Å². The fourth-order valence-electron chi connectivity index (χ4n) is 3.12. The van der Waals surface area contributed by atoms with Crippen molar-refractivity contribution in [2.75, 3.05) is 7.11 Å². The SMILES string of the molecule is COc1ccnc(C(=O)N[C@@H](C)C(=O)O[C@@H](C)[C@@H](Oc2cccc(C(F)(F)F)c2)C(C)C)c1O. The number of ether oxygens (including phenoxy) is 3. The molecule has 2 aromatic rings. The number of methoxy groups -OCH3 is 1. The van der Waals surface area contributed by atoms with Crippen LogP contribution in [0.5, 0.6) is 17.2 Å². The molecule has 0 aliphatic heterocycles. The van der Waals surface area contributed by atoms with E-state index in [2.05, 4.69) is 10.3 Å². The van der Waals surface area contributed by atoms with E-state index in [9.17, 15) is 27.9 Å². The van der Waals surface area contributed by atoms with Crippen molar-refractivity contribution in [3.8, 4) is 17.2 Å². The van der Waals surface area contributed by atoms with Crippen LogP contribution in [0.4, 0.5) is 13.2 Å². The number of carbonyl (C=O) groups excluding carboxylic acids is 2. The number of hydrogen-bond donors (Lipinski definition) is 2. The van der Waals surface area contributed by atoms with Crippen molar-refractivity contribution in [3.05, 3.63) is 47.8 Å². The fourth-order valence-corrected chi connectivity index (χ4v) is 3.12. The number of rotatable bonds is 9. The number of alkyl halides is 3. The van der Waals surface area contributed by atoms with E-state index in [0.717, 1.165) is 12.1 Å². The molecule has 0 saturated carbocycles. The Kier molecular flexibility index (Phi) is 8.72. The van der Waals surface area contributed by atoms with Crippen LogP contribution in [0.2, 0.25) is 0 Å². The molecule has 0 bridgehead atoms. The highest BCUT2D eigenvalue weighted by Gasteiger charge is 2.32. The summed E-state index contributed by atoms with van der Waals surface area (Å²) in [6.07, 6.45) is -4.88. The van der Waals surface area contributed by atoms with Gasteiger partial charge in [-0.1, -0.05) is 19.9 Å². The van der Waals surface area contributed by atoms with E-state index in [1.54, 1.807) is 20.8 Å². The highest BCUT2D eigenvalue weighted by Crippen LogP contribution is 2.32. The van der Waals surface area contributed by atoms with E-state index >= 15 is 0 Å². The molecule has 186 valence electrons. The van der Waals surface area contributed by atoms with Crippen LogP contribution in [0, 0.1) is 5.92 Å². The number of aromatic nitrogens is 1. The lowest BCUT2D eigenvalue weighted by Gasteiger charge is -2.29. The summed E-state index contributed by atoms with van der Waals surface area (Å²) in [5.74, 6) is -2.31. The van der Waals surface area contributed by atoms with E-state index in [1.807, 2.05) is 0 Å². The normalized spacial score (nSPS) is 14.1. The number of halogens is 3. The minimum Gasteiger partial charge on any atom is -0.503 e. The Bertz CT molecular complexity index is 1010. The van der Waals surface area contributed by atoms with Crippen molar-refractivity contribution in [3.63, 3.8) is 0 Å². The molecule has 1 amide bonds. The third-order valence-electron chi connectivity index (χ3n) is 4.88. The number of amides is 1. The molecule has 2 N–H and O–H groups in total. The van der Waals surface area contributed by atoms with Crippen LogP contribution >= 0.6 is 0 Å². The number of carbonyl (C=O) groups is 2. The van der Waals surface area contributed by atoms with Gasteiger partial charge in [-0.3, -0.25) is 4.79 Å². The standard InChI is InChI=1S/C23H27F3N2O6/c1-12(2)20(34-16-8-6-7-15(11-16)23(24,25)26)14(4)33-22(31)13(3)28-21(30)18-19(29)17(32-5)9-10-27-18/h6-14,20,29H,1-5H3,(H,28,30)/t13-,14-,20-/m0/s1. The number of hydrogen-bond acceptors (Lipinski definition) is 7. The molecule has 1 aromatic carbocycles. The van der Waals surface area contributed by atoms with E-state index in [4.69, 9.17) is 14.2 Å². The number of esters is 1. The maximum atomic E-state index is 13.0. The molecule has 11 heteroatoms. The summed E-state index contributed by atoms with van der Waals surface area (Å²) in [4.78, 5) is 28.7.